The summed E-state index contributed by atoms with van der Waals surface area (Å²) in [6.07, 6.45) is 1.42. The first kappa shape index (κ1) is 21.4. The van der Waals surface area contributed by atoms with E-state index < -0.39 is 11.9 Å². The molecule has 1 aromatic heterocycles. The minimum absolute atomic E-state index is 0.0264. The lowest BCUT2D eigenvalue weighted by Gasteiger charge is -2.19. The Kier molecular flexibility index (Phi) is 5.56. The normalized spacial score (nSPS) is 16.4. The van der Waals surface area contributed by atoms with E-state index in [-0.39, 0.29) is 23.6 Å². The maximum atomic E-state index is 12.6. The lowest BCUT2D eigenvalue weighted by Crippen LogP contribution is -2.35. The van der Waals surface area contributed by atoms with Gasteiger partial charge in [-0.1, -0.05) is 30.3 Å². The van der Waals surface area contributed by atoms with Crippen LogP contribution in [0.2, 0.25) is 0 Å². The standard InChI is InChI=1S/C24H16N4O5S/c25-21-18(12-17-9-10-19(33-17)14-5-4-6-15(11-14)23(30)31)22(29)26-24-28(21)27-20(34-24)13-32-16-7-2-1-3-8-16/h1-12,25H,13H2,(H,30,31). The third-order valence-corrected chi connectivity index (χ3v) is 5.79. The number of thioether (sulfide) groups is 1. The average molecular weight is 472 g/mol. The van der Waals surface area contributed by atoms with Crippen molar-refractivity contribution in [3.63, 3.8) is 0 Å². The van der Waals surface area contributed by atoms with Crippen LogP contribution in [0.1, 0.15) is 16.1 Å². The van der Waals surface area contributed by atoms with Crippen LogP contribution >= 0.6 is 11.8 Å². The Morgan fingerprint density at radius 3 is 2.76 bits per heavy atom. The summed E-state index contributed by atoms with van der Waals surface area (Å²) in [6.45, 7) is 0.182. The second-order valence-corrected chi connectivity index (χ2v) is 8.24. The molecule has 2 aliphatic rings. The van der Waals surface area contributed by atoms with Crippen LogP contribution in [0.4, 0.5) is 0 Å². The van der Waals surface area contributed by atoms with E-state index in [0.717, 1.165) is 0 Å². The maximum Gasteiger partial charge on any atom is 0.335 e. The van der Waals surface area contributed by atoms with Gasteiger partial charge in [0, 0.05) is 5.56 Å². The van der Waals surface area contributed by atoms with Gasteiger partial charge in [-0.3, -0.25) is 10.2 Å². The average Bonchev–Trinajstić information content (AvgIpc) is 3.48. The molecule has 0 atom stereocenters. The van der Waals surface area contributed by atoms with E-state index in [1.54, 1.807) is 24.3 Å². The molecule has 0 spiro atoms. The van der Waals surface area contributed by atoms with Gasteiger partial charge in [-0.2, -0.15) is 15.1 Å². The topological polar surface area (TPSA) is 129 Å². The van der Waals surface area contributed by atoms with Crippen LogP contribution < -0.4 is 4.74 Å². The second kappa shape index (κ2) is 8.83. The second-order valence-electron chi connectivity index (χ2n) is 7.20. The number of nitrogens with one attached hydrogen (secondary N) is 1. The fourth-order valence-electron chi connectivity index (χ4n) is 3.29. The van der Waals surface area contributed by atoms with E-state index >= 15 is 0 Å². The number of rotatable bonds is 6. The van der Waals surface area contributed by atoms with Gasteiger partial charge < -0.3 is 14.3 Å². The number of carbonyl (C=O) groups is 2. The maximum absolute atomic E-state index is 12.6. The van der Waals surface area contributed by atoms with Gasteiger partial charge in [0.05, 0.1) is 11.1 Å². The van der Waals surface area contributed by atoms with Crippen molar-refractivity contribution in [2.75, 3.05) is 6.61 Å². The van der Waals surface area contributed by atoms with Crippen LogP contribution in [-0.2, 0) is 4.79 Å². The highest BCUT2D eigenvalue weighted by Gasteiger charge is 2.36. The van der Waals surface area contributed by atoms with Crippen molar-refractivity contribution >= 4 is 45.8 Å². The Hall–Kier alpha value is -4.44. The molecule has 0 saturated heterocycles. The molecular formula is C24H16N4O5S. The molecule has 0 aliphatic carbocycles. The molecular weight excluding hydrogens is 456 g/mol. The van der Waals surface area contributed by atoms with Crippen molar-refractivity contribution in [3.8, 4) is 17.1 Å². The molecule has 0 fully saturated rings. The Balaban J connectivity index is 1.35. The highest BCUT2D eigenvalue weighted by atomic mass is 32.2. The molecule has 34 heavy (non-hydrogen) atoms. The highest BCUT2D eigenvalue weighted by molar-refractivity contribution is 8.27. The number of ether oxygens (including phenoxy) is 1. The largest absolute Gasteiger partial charge is 0.487 e. The van der Waals surface area contributed by atoms with E-state index in [1.807, 2.05) is 30.3 Å². The van der Waals surface area contributed by atoms with E-state index in [9.17, 15) is 14.7 Å². The molecule has 9 nitrogen and oxygen atoms in total. The predicted molar refractivity (Wildman–Crippen MR) is 128 cm³/mol. The van der Waals surface area contributed by atoms with Crippen molar-refractivity contribution in [3.05, 3.63) is 83.6 Å². The molecule has 0 unspecified atom stereocenters. The first-order valence-electron chi connectivity index (χ1n) is 10.1. The number of nitrogens with zero attached hydrogens (tertiary/aromatic N) is 3. The number of para-hydroxylation sites is 1. The van der Waals surface area contributed by atoms with Crippen LogP contribution in [0.5, 0.6) is 5.75 Å². The zero-order chi connectivity index (χ0) is 23.7. The first-order valence-corrected chi connectivity index (χ1v) is 10.9. The van der Waals surface area contributed by atoms with Crippen LogP contribution in [0.3, 0.4) is 0 Å². The fraction of sp³-hybridized carbons (Fsp3) is 0.0417. The SMILES string of the molecule is N=C1C(=Cc2ccc(-c3cccc(C(=O)O)c3)o2)C(=O)N=C2SC(COc3ccccc3)=NN12. The summed E-state index contributed by atoms with van der Waals surface area (Å²) >= 11 is 1.18. The van der Waals surface area contributed by atoms with Gasteiger partial charge in [0.15, 0.2) is 5.84 Å². The van der Waals surface area contributed by atoms with Crippen LogP contribution in [0, 0.1) is 5.41 Å². The number of aliphatic imine (C=N–C) groups is 1. The van der Waals surface area contributed by atoms with Gasteiger partial charge in [0.2, 0.25) is 5.17 Å². The third kappa shape index (κ3) is 4.26. The lowest BCUT2D eigenvalue weighted by atomic mass is 10.1. The van der Waals surface area contributed by atoms with Crippen molar-refractivity contribution in [2.24, 2.45) is 10.1 Å². The molecule has 5 rings (SSSR count). The summed E-state index contributed by atoms with van der Waals surface area (Å²) in [6, 6.07) is 18.9. The van der Waals surface area contributed by atoms with Gasteiger partial charge in [-0.05, 0) is 54.2 Å². The van der Waals surface area contributed by atoms with Gasteiger partial charge >= 0.3 is 5.97 Å². The number of carbonyl (C=O) groups excluding carboxylic acids is 1. The number of fused-ring (bicyclic) bond motifs is 1. The first-order chi connectivity index (χ1) is 16.5. The van der Waals surface area contributed by atoms with Crippen molar-refractivity contribution in [1.29, 1.82) is 5.41 Å². The number of hydrogen-bond acceptors (Lipinski definition) is 7. The molecule has 3 heterocycles. The number of hydrazone groups is 1. The lowest BCUT2D eigenvalue weighted by molar-refractivity contribution is -0.114. The number of benzene rings is 2. The van der Waals surface area contributed by atoms with Gasteiger partial charge in [0.1, 0.15) is 28.9 Å². The number of carboxylic acid groups (broad SMARTS) is 1. The minimum Gasteiger partial charge on any atom is -0.487 e. The number of amidine groups is 2. The molecule has 168 valence electrons. The predicted octanol–water partition coefficient (Wildman–Crippen LogP) is 4.34. The fourth-order valence-corrected chi connectivity index (χ4v) is 4.08. The molecule has 10 heteroatoms. The molecule has 0 radical (unpaired) electrons. The number of amides is 1. The van der Waals surface area contributed by atoms with Gasteiger partial charge in [-0.25, -0.2) is 4.79 Å². The zero-order valence-electron chi connectivity index (χ0n) is 17.5. The minimum atomic E-state index is -1.04. The molecule has 0 saturated carbocycles. The molecule has 1 amide bonds. The summed E-state index contributed by atoms with van der Waals surface area (Å²) in [5.74, 6) is -0.289. The third-order valence-electron chi connectivity index (χ3n) is 4.91. The number of aromatic carboxylic acids is 1. The summed E-state index contributed by atoms with van der Waals surface area (Å²) < 4.78 is 11.5. The van der Waals surface area contributed by atoms with Crippen LogP contribution in [0.25, 0.3) is 17.4 Å². The van der Waals surface area contributed by atoms with Gasteiger partial charge in [-0.15, -0.1) is 0 Å². The van der Waals surface area contributed by atoms with Crippen molar-refractivity contribution in [1.82, 2.24) is 5.01 Å². The zero-order valence-corrected chi connectivity index (χ0v) is 18.3. The Labute approximate surface area is 197 Å². The van der Waals surface area contributed by atoms with Crippen LogP contribution in [0.15, 0.2) is 86.8 Å². The van der Waals surface area contributed by atoms with Crippen LogP contribution in [-0.4, -0.2) is 44.6 Å². The van der Waals surface area contributed by atoms with Crippen molar-refractivity contribution < 1.29 is 23.8 Å². The number of hydrogen-bond donors (Lipinski definition) is 2. The quantitative estimate of drug-likeness (QED) is 0.511. The number of furan rings is 1. The monoisotopic (exact) mass is 472 g/mol. The van der Waals surface area contributed by atoms with E-state index in [2.05, 4.69) is 10.1 Å². The van der Waals surface area contributed by atoms with E-state index in [4.69, 9.17) is 14.6 Å². The Morgan fingerprint density at radius 1 is 1.15 bits per heavy atom. The molecule has 2 aliphatic heterocycles. The summed E-state index contributed by atoms with van der Waals surface area (Å²) in [5.41, 5.74) is 0.744. The summed E-state index contributed by atoms with van der Waals surface area (Å²) in [5, 5.41) is 24.2. The molecule has 3 aromatic rings. The molecule has 0 bridgehead atoms. The molecule has 2 N–H and O–H groups in total. The highest BCUT2D eigenvalue weighted by Crippen LogP contribution is 2.30. The summed E-state index contributed by atoms with van der Waals surface area (Å²) in [4.78, 5) is 27.9. The number of carboxylic acids is 1. The van der Waals surface area contributed by atoms with E-state index in [0.29, 0.717) is 33.0 Å². The molecule has 2 aromatic carbocycles. The van der Waals surface area contributed by atoms with E-state index in [1.165, 1.54) is 35.0 Å². The Bertz CT molecular complexity index is 1410. The Morgan fingerprint density at radius 2 is 1.97 bits per heavy atom. The van der Waals surface area contributed by atoms with Crippen molar-refractivity contribution in [2.45, 2.75) is 0 Å². The van der Waals surface area contributed by atoms with Gasteiger partial charge in [0.25, 0.3) is 5.91 Å². The smallest absolute Gasteiger partial charge is 0.335 e. The summed E-state index contributed by atoms with van der Waals surface area (Å²) in [7, 11) is 0.